The van der Waals surface area contributed by atoms with E-state index in [4.69, 9.17) is 0 Å². The molecular weight excluding hydrogens is 247 g/mol. The number of benzene rings is 1. The molecule has 2 aromatic rings. The molecule has 0 radical (unpaired) electrons. The zero-order valence-electron chi connectivity index (χ0n) is 11.1. The van der Waals surface area contributed by atoms with Gasteiger partial charge in [0.1, 0.15) is 5.82 Å². The molecule has 0 aliphatic heterocycles. The Hall–Kier alpha value is -2.17. The van der Waals surface area contributed by atoms with Crippen LogP contribution in [0.5, 0.6) is 0 Å². The molecule has 0 unspecified atom stereocenters. The molecule has 2 rings (SSSR count). The fraction of sp³-hybridized carbons (Fsp3) is 0.286. The van der Waals surface area contributed by atoms with Crippen molar-refractivity contribution in [3.05, 3.63) is 41.3 Å². The van der Waals surface area contributed by atoms with Gasteiger partial charge in [0.15, 0.2) is 0 Å². The number of ether oxygens (including phenoxy) is 1. The van der Waals surface area contributed by atoms with Crippen LogP contribution in [0, 0.1) is 5.82 Å². The molecule has 1 aromatic carbocycles. The average molecular weight is 262 g/mol. The van der Waals surface area contributed by atoms with Crippen molar-refractivity contribution >= 4 is 5.97 Å². The lowest BCUT2D eigenvalue weighted by Gasteiger charge is -2.04. The van der Waals surface area contributed by atoms with Gasteiger partial charge in [0.25, 0.3) is 0 Å². The quantitative estimate of drug-likeness (QED) is 0.798. The highest BCUT2D eigenvalue weighted by Gasteiger charge is 2.14. The Bertz CT molecular complexity index is 620. The third-order valence-electron chi connectivity index (χ3n) is 2.88. The number of aryl methyl sites for hydroxylation is 2. The average Bonchev–Trinajstić information content (AvgIpc) is 2.78. The van der Waals surface area contributed by atoms with E-state index in [2.05, 4.69) is 9.84 Å². The first-order valence-corrected chi connectivity index (χ1v) is 5.97. The summed E-state index contributed by atoms with van der Waals surface area (Å²) in [4.78, 5) is 11.5. The van der Waals surface area contributed by atoms with Crippen molar-refractivity contribution in [2.24, 2.45) is 7.05 Å². The van der Waals surface area contributed by atoms with Crippen LogP contribution in [-0.2, 0) is 18.2 Å². The number of carbonyl (C=O) groups excluding carboxylic acids is 1. The van der Waals surface area contributed by atoms with Gasteiger partial charge in [-0.2, -0.15) is 5.10 Å². The number of hydrogen-bond donors (Lipinski definition) is 0. The second-order valence-electron chi connectivity index (χ2n) is 4.25. The second kappa shape index (κ2) is 5.22. The van der Waals surface area contributed by atoms with Crippen molar-refractivity contribution in [1.82, 2.24) is 9.78 Å². The molecule has 0 saturated heterocycles. The standard InChI is InChI=1S/C14H15FN2O2/c1-4-9-8-17(2)16-13(9)10-5-11(14(18)19-3)7-12(15)6-10/h5-8H,4H2,1-3H3. The first kappa shape index (κ1) is 13.3. The maximum Gasteiger partial charge on any atom is 0.337 e. The Morgan fingerprint density at radius 3 is 2.79 bits per heavy atom. The normalized spacial score (nSPS) is 10.5. The highest BCUT2D eigenvalue weighted by molar-refractivity contribution is 5.91. The zero-order valence-corrected chi connectivity index (χ0v) is 11.1. The Balaban J connectivity index is 2.55. The van der Waals surface area contributed by atoms with Crippen molar-refractivity contribution < 1.29 is 13.9 Å². The monoisotopic (exact) mass is 262 g/mol. The summed E-state index contributed by atoms with van der Waals surface area (Å²) in [5.41, 5.74) is 2.46. The zero-order chi connectivity index (χ0) is 14.0. The molecule has 0 atom stereocenters. The number of nitrogens with zero attached hydrogens (tertiary/aromatic N) is 2. The lowest BCUT2D eigenvalue weighted by Crippen LogP contribution is -2.02. The third kappa shape index (κ3) is 2.65. The van der Waals surface area contributed by atoms with E-state index in [9.17, 15) is 9.18 Å². The van der Waals surface area contributed by atoms with E-state index >= 15 is 0 Å². The lowest BCUT2D eigenvalue weighted by atomic mass is 10.0. The minimum absolute atomic E-state index is 0.185. The summed E-state index contributed by atoms with van der Waals surface area (Å²) in [7, 11) is 3.08. The molecule has 4 nitrogen and oxygen atoms in total. The number of halogens is 1. The van der Waals surface area contributed by atoms with E-state index in [-0.39, 0.29) is 5.56 Å². The molecule has 0 N–H and O–H groups in total. The van der Waals surface area contributed by atoms with Crippen LogP contribution in [0.3, 0.4) is 0 Å². The van der Waals surface area contributed by atoms with Gasteiger partial charge in [-0.15, -0.1) is 0 Å². The molecule has 0 fully saturated rings. The van der Waals surface area contributed by atoms with Crippen LogP contribution in [0.4, 0.5) is 4.39 Å². The molecule has 100 valence electrons. The lowest BCUT2D eigenvalue weighted by molar-refractivity contribution is 0.0600. The topological polar surface area (TPSA) is 44.1 Å². The van der Waals surface area contributed by atoms with Crippen molar-refractivity contribution in [2.75, 3.05) is 7.11 Å². The predicted octanol–water partition coefficient (Wildman–Crippen LogP) is 2.58. The summed E-state index contributed by atoms with van der Waals surface area (Å²) < 4.78 is 19.9. The number of esters is 1. The van der Waals surface area contributed by atoms with Gasteiger partial charge in [-0.05, 0) is 30.2 Å². The van der Waals surface area contributed by atoms with Crippen LogP contribution in [-0.4, -0.2) is 22.9 Å². The maximum absolute atomic E-state index is 13.6. The van der Waals surface area contributed by atoms with Gasteiger partial charge in [-0.25, -0.2) is 9.18 Å². The first-order chi connectivity index (χ1) is 9.05. The number of methoxy groups -OCH3 is 1. The summed E-state index contributed by atoms with van der Waals surface area (Å²) >= 11 is 0. The number of carbonyl (C=O) groups is 1. The van der Waals surface area contributed by atoms with Crippen LogP contribution in [0.15, 0.2) is 24.4 Å². The van der Waals surface area contributed by atoms with E-state index in [1.54, 1.807) is 10.7 Å². The predicted molar refractivity (Wildman–Crippen MR) is 69.3 cm³/mol. The molecule has 0 spiro atoms. The summed E-state index contributed by atoms with van der Waals surface area (Å²) in [5, 5.41) is 4.32. The highest BCUT2D eigenvalue weighted by atomic mass is 19.1. The van der Waals surface area contributed by atoms with Crippen molar-refractivity contribution in [3.63, 3.8) is 0 Å². The molecule has 1 aromatic heterocycles. The van der Waals surface area contributed by atoms with Crippen molar-refractivity contribution in [3.8, 4) is 11.3 Å². The Labute approximate surface area is 110 Å². The number of aromatic nitrogens is 2. The summed E-state index contributed by atoms with van der Waals surface area (Å²) in [5.74, 6) is -1.04. The summed E-state index contributed by atoms with van der Waals surface area (Å²) in [6.07, 6.45) is 2.67. The van der Waals surface area contributed by atoms with E-state index in [0.717, 1.165) is 18.1 Å². The SMILES string of the molecule is CCc1cn(C)nc1-c1cc(F)cc(C(=O)OC)c1. The van der Waals surface area contributed by atoms with Gasteiger partial charge in [0, 0.05) is 18.8 Å². The third-order valence-corrected chi connectivity index (χ3v) is 2.88. The van der Waals surface area contributed by atoms with Gasteiger partial charge in [-0.1, -0.05) is 6.92 Å². The van der Waals surface area contributed by atoms with E-state index < -0.39 is 11.8 Å². The summed E-state index contributed by atoms with van der Waals surface area (Å²) in [6.45, 7) is 2.00. The van der Waals surface area contributed by atoms with Crippen molar-refractivity contribution in [1.29, 1.82) is 0 Å². The van der Waals surface area contributed by atoms with Crippen LogP contribution in [0.1, 0.15) is 22.8 Å². The van der Waals surface area contributed by atoms with Gasteiger partial charge < -0.3 is 4.74 Å². The first-order valence-electron chi connectivity index (χ1n) is 5.97. The second-order valence-corrected chi connectivity index (χ2v) is 4.25. The van der Waals surface area contributed by atoms with E-state index in [1.165, 1.54) is 13.2 Å². The Kier molecular flexibility index (Phi) is 3.64. The molecule has 0 aliphatic rings. The van der Waals surface area contributed by atoms with E-state index in [0.29, 0.717) is 11.3 Å². The van der Waals surface area contributed by atoms with Crippen molar-refractivity contribution in [2.45, 2.75) is 13.3 Å². The molecule has 1 heterocycles. The fourth-order valence-corrected chi connectivity index (χ4v) is 2.00. The van der Waals surface area contributed by atoms with Gasteiger partial charge in [-0.3, -0.25) is 4.68 Å². The molecule has 5 heteroatoms. The van der Waals surface area contributed by atoms with Gasteiger partial charge in [0.05, 0.1) is 18.4 Å². The van der Waals surface area contributed by atoms with Crippen LogP contribution in [0.25, 0.3) is 11.3 Å². The van der Waals surface area contributed by atoms with Gasteiger partial charge in [0.2, 0.25) is 0 Å². The largest absolute Gasteiger partial charge is 0.465 e. The maximum atomic E-state index is 13.6. The van der Waals surface area contributed by atoms with Crippen LogP contribution < -0.4 is 0 Å². The highest BCUT2D eigenvalue weighted by Crippen LogP contribution is 2.24. The number of rotatable bonds is 3. The Morgan fingerprint density at radius 2 is 2.16 bits per heavy atom. The molecular formula is C14H15FN2O2. The van der Waals surface area contributed by atoms with Crippen LogP contribution >= 0.6 is 0 Å². The smallest absolute Gasteiger partial charge is 0.337 e. The minimum atomic E-state index is -0.560. The molecule has 0 bridgehead atoms. The van der Waals surface area contributed by atoms with E-state index in [1.807, 2.05) is 20.2 Å². The fourth-order valence-electron chi connectivity index (χ4n) is 2.00. The molecule has 0 aliphatic carbocycles. The summed E-state index contributed by atoms with van der Waals surface area (Å²) in [6, 6.07) is 4.12. The molecule has 19 heavy (non-hydrogen) atoms. The molecule has 0 amide bonds. The number of hydrogen-bond acceptors (Lipinski definition) is 3. The Morgan fingerprint density at radius 1 is 1.42 bits per heavy atom. The molecule has 0 saturated carbocycles. The van der Waals surface area contributed by atoms with Crippen LogP contribution in [0.2, 0.25) is 0 Å². The minimum Gasteiger partial charge on any atom is -0.465 e. The van der Waals surface area contributed by atoms with Gasteiger partial charge >= 0.3 is 5.97 Å².